The molecule has 0 spiro atoms. The van der Waals surface area contributed by atoms with Gasteiger partial charge in [-0.2, -0.15) is 17.0 Å². The highest BCUT2D eigenvalue weighted by atomic mass is 32.2. The van der Waals surface area contributed by atoms with E-state index in [4.69, 9.17) is 4.74 Å². The lowest BCUT2D eigenvalue weighted by molar-refractivity contribution is 0.0951. The van der Waals surface area contributed by atoms with E-state index in [0.717, 1.165) is 4.88 Å². The predicted molar refractivity (Wildman–Crippen MR) is 110 cm³/mol. The normalized spacial score (nSPS) is 16.2. The first-order valence-corrected chi connectivity index (χ1v) is 11.4. The van der Waals surface area contributed by atoms with Gasteiger partial charge in [0.1, 0.15) is 11.9 Å². The summed E-state index contributed by atoms with van der Waals surface area (Å²) in [6.45, 7) is 1.39. The molecular formula is C19H25N3O4S2. The van der Waals surface area contributed by atoms with Gasteiger partial charge in [0, 0.05) is 37.6 Å². The number of rotatable bonds is 7. The molecule has 0 bridgehead atoms. The largest absolute Gasteiger partial charge is 0.490 e. The number of amides is 1. The zero-order chi connectivity index (χ0) is 20.1. The molecule has 7 nitrogen and oxygen atoms in total. The van der Waals surface area contributed by atoms with Crippen molar-refractivity contribution in [3.8, 4) is 5.75 Å². The summed E-state index contributed by atoms with van der Waals surface area (Å²) in [5.41, 5.74) is 0.579. The summed E-state index contributed by atoms with van der Waals surface area (Å²) in [6, 6.07) is 11.0. The lowest BCUT2D eigenvalue weighted by atomic mass is 10.1. The number of nitrogens with zero attached hydrogens (tertiary/aromatic N) is 2. The molecule has 28 heavy (non-hydrogen) atoms. The van der Waals surface area contributed by atoms with Gasteiger partial charge in [0.25, 0.3) is 16.1 Å². The van der Waals surface area contributed by atoms with Crippen LogP contribution < -0.4 is 10.1 Å². The van der Waals surface area contributed by atoms with Gasteiger partial charge >= 0.3 is 0 Å². The van der Waals surface area contributed by atoms with Gasteiger partial charge in [0.2, 0.25) is 0 Å². The number of thiophene rings is 1. The van der Waals surface area contributed by atoms with Gasteiger partial charge in [-0.15, -0.1) is 11.3 Å². The highest BCUT2D eigenvalue weighted by Crippen LogP contribution is 2.21. The maximum Gasteiger partial charge on any atom is 0.281 e. The van der Waals surface area contributed by atoms with E-state index in [1.165, 1.54) is 22.7 Å². The number of ether oxygens (including phenoxy) is 1. The molecule has 0 unspecified atom stereocenters. The van der Waals surface area contributed by atoms with E-state index in [0.29, 0.717) is 43.8 Å². The molecule has 1 aliphatic rings. The molecule has 3 rings (SSSR count). The molecule has 1 N–H and O–H groups in total. The van der Waals surface area contributed by atoms with Crippen molar-refractivity contribution in [2.24, 2.45) is 0 Å². The zero-order valence-corrected chi connectivity index (χ0v) is 17.6. The van der Waals surface area contributed by atoms with E-state index < -0.39 is 10.2 Å². The average molecular weight is 424 g/mol. The summed E-state index contributed by atoms with van der Waals surface area (Å²) in [5, 5.41) is 4.87. The minimum Gasteiger partial charge on any atom is -0.490 e. The molecule has 0 aliphatic carbocycles. The van der Waals surface area contributed by atoms with Crippen molar-refractivity contribution in [3.63, 3.8) is 0 Å². The van der Waals surface area contributed by atoms with Crippen LogP contribution >= 0.6 is 11.3 Å². The van der Waals surface area contributed by atoms with Crippen molar-refractivity contribution in [3.05, 3.63) is 52.2 Å². The van der Waals surface area contributed by atoms with Crippen LogP contribution in [-0.2, 0) is 16.8 Å². The molecule has 2 aromatic rings. The molecule has 1 saturated heterocycles. The quantitative estimate of drug-likeness (QED) is 0.741. The van der Waals surface area contributed by atoms with Crippen molar-refractivity contribution in [1.82, 2.24) is 13.9 Å². The monoisotopic (exact) mass is 423 g/mol. The van der Waals surface area contributed by atoms with Crippen LogP contribution in [0.25, 0.3) is 0 Å². The molecular weight excluding hydrogens is 398 g/mol. The number of piperidine rings is 1. The molecule has 0 saturated carbocycles. The number of carbonyl (C=O) groups is 1. The van der Waals surface area contributed by atoms with Gasteiger partial charge in [-0.1, -0.05) is 6.07 Å². The summed E-state index contributed by atoms with van der Waals surface area (Å²) in [6.07, 6.45) is 1.24. The molecule has 1 aromatic carbocycles. The van der Waals surface area contributed by atoms with Crippen molar-refractivity contribution < 1.29 is 17.9 Å². The van der Waals surface area contributed by atoms with Gasteiger partial charge in [0.05, 0.1) is 6.54 Å². The molecule has 0 atom stereocenters. The van der Waals surface area contributed by atoms with Crippen molar-refractivity contribution in [1.29, 1.82) is 0 Å². The van der Waals surface area contributed by atoms with Crippen LogP contribution in [0.3, 0.4) is 0 Å². The fourth-order valence-electron chi connectivity index (χ4n) is 2.97. The van der Waals surface area contributed by atoms with Gasteiger partial charge in [-0.25, -0.2) is 0 Å². The maximum absolute atomic E-state index is 12.2. The van der Waals surface area contributed by atoms with E-state index in [1.54, 1.807) is 35.6 Å². The number of benzene rings is 1. The second-order valence-corrected chi connectivity index (χ2v) is 9.97. The van der Waals surface area contributed by atoms with Crippen LogP contribution in [0.1, 0.15) is 28.1 Å². The fourth-order valence-corrected chi connectivity index (χ4v) is 4.75. The molecule has 1 aliphatic heterocycles. The molecule has 1 amide bonds. The van der Waals surface area contributed by atoms with Crippen LogP contribution in [0, 0.1) is 0 Å². The highest BCUT2D eigenvalue weighted by molar-refractivity contribution is 7.86. The first-order chi connectivity index (χ1) is 13.4. The van der Waals surface area contributed by atoms with Gasteiger partial charge in [-0.3, -0.25) is 4.79 Å². The molecule has 1 aromatic heterocycles. The van der Waals surface area contributed by atoms with Crippen LogP contribution in [-0.4, -0.2) is 56.2 Å². The van der Waals surface area contributed by atoms with Crippen LogP contribution in [0.4, 0.5) is 0 Å². The summed E-state index contributed by atoms with van der Waals surface area (Å²) in [7, 11) is -0.290. The Morgan fingerprint density at radius 1 is 1.21 bits per heavy atom. The third kappa shape index (κ3) is 5.11. The lowest BCUT2D eigenvalue weighted by Gasteiger charge is -2.32. The first kappa shape index (κ1) is 20.8. The average Bonchev–Trinajstić information content (AvgIpc) is 3.20. The topological polar surface area (TPSA) is 79.0 Å². The van der Waals surface area contributed by atoms with Gasteiger partial charge in [0.15, 0.2) is 0 Å². The molecule has 9 heteroatoms. The highest BCUT2D eigenvalue weighted by Gasteiger charge is 2.30. The summed E-state index contributed by atoms with van der Waals surface area (Å²) in [4.78, 5) is 13.3. The second-order valence-electron chi connectivity index (χ2n) is 6.79. The summed E-state index contributed by atoms with van der Waals surface area (Å²) >= 11 is 1.61. The Kier molecular flexibility index (Phi) is 6.71. The van der Waals surface area contributed by atoms with E-state index in [9.17, 15) is 13.2 Å². The minimum absolute atomic E-state index is 0.0351. The van der Waals surface area contributed by atoms with Crippen LogP contribution in [0.15, 0.2) is 41.8 Å². The number of hydrogen-bond acceptors (Lipinski definition) is 5. The van der Waals surface area contributed by atoms with Crippen molar-refractivity contribution >= 4 is 27.5 Å². The van der Waals surface area contributed by atoms with E-state index in [1.807, 2.05) is 17.5 Å². The summed E-state index contributed by atoms with van der Waals surface area (Å²) < 4.78 is 33.0. The Balaban J connectivity index is 1.49. The number of nitrogens with one attached hydrogen (secondary N) is 1. The first-order valence-electron chi connectivity index (χ1n) is 9.11. The third-order valence-electron chi connectivity index (χ3n) is 4.61. The van der Waals surface area contributed by atoms with E-state index in [-0.39, 0.29) is 12.0 Å². The SMILES string of the molecule is CN(C)S(=O)(=O)N1CCC(Oc2ccc(C(=O)NCc3cccs3)cc2)CC1. The van der Waals surface area contributed by atoms with E-state index >= 15 is 0 Å². The minimum atomic E-state index is -3.37. The Morgan fingerprint density at radius 3 is 2.46 bits per heavy atom. The van der Waals surface area contributed by atoms with Crippen LogP contribution in [0.5, 0.6) is 5.75 Å². The smallest absolute Gasteiger partial charge is 0.281 e. The fraction of sp³-hybridized carbons (Fsp3) is 0.421. The molecule has 2 heterocycles. The third-order valence-corrected chi connectivity index (χ3v) is 7.43. The molecule has 152 valence electrons. The van der Waals surface area contributed by atoms with Gasteiger partial charge in [-0.05, 0) is 48.6 Å². The molecule has 1 fully saturated rings. The predicted octanol–water partition coefficient (Wildman–Crippen LogP) is 2.33. The number of carbonyl (C=O) groups excluding carboxylic acids is 1. The van der Waals surface area contributed by atoms with Crippen molar-refractivity contribution in [2.75, 3.05) is 27.2 Å². The number of hydrogen-bond donors (Lipinski definition) is 1. The molecule has 0 radical (unpaired) electrons. The van der Waals surface area contributed by atoms with E-state index in [2.05, 4.69) is 5.32 Å². The Labute approximate surface area is 170 Å². The standard InChI is InChI=1S/C19H25N3O4S2/c1-21(2)28(24,25)22-11-9-17(10-12-22)26-16-7-5-15(6-8-16)19(23)20-14-18-4-3-13-27-18/h3-8,13,17H,9-12,14H2,1-2H3,(H,20,23). The Hall–Kier alpha value is -1.94. The van der Waals surface area contributed by atoms with Crippen LogP contribution in [0.2, 0.25) is 0 Å². The van der Waals surface area contributed by atoms with Gasteiger partial charge < -0.3 is 10.1 Å². The maximum atomic E-state index is 12.2. The lowest BCUT2D eigenvalue weighted by Crippen LogP contribution is -2.46. The second kappa shape index (κ2) is 9.04. The Bertz CT molecular complexity index is 872. The summed E-state index contributed by atoms with van der Waals surface area (Å²) in [5.74, 6) is 0.561. The zero-order valence-electron chi connectivity index (χ0n) is 16.0. The Morgan fingerprint density at radius 2 is 1.89 bits per heavy atom. The van der Waals surface area contributed by atoms with Crippen molar-refractivity contribution in [2.45, 2.75) is 25.5 Å².